The predicted octanol–water partition coefficient (Wildman–Crippen LogP) is 11.7. The van der Waals surface area contributed by atoms with Gasteiger partial charge in [-0.2, -0.15) is 0 Å². The molecule has 0 saturated carbocycles. The van der Waals surface area contributed by atoms with Gasteiger partial charge in [-0.25, -0.2) is 9.97 Å². The SMILES string of the molecule is c1ccc(-c2cc(-c3ccccc3)nc(-n3c4ccccc4c4c(-c5cccc6c7ccccc7n(-c7ccccc7)c56)cccc43)n2)cc1. The van der Waals surface area contributed by atoms with Crippen LogP contribution in [-0.2, 0) is 0 Å². The van der Waals surface area contributed by atoms with Gasteiger partial charge in [-0.15, -0.1) is 0 Å². The van der Waals surface area contributed by atoms with Crippen molar-refractivity contribution in [1.29, 1.82) is 0 Å². The van der Waals surface area contributed by atoms with Crippen molar-refractivity contribution in [2.24, 2.45) is 0 Å². The first-order valence-electron chi connectivity index (χ1n) is 16.9. The lowest BCUT2D eigenvalue weighted by Gasteiger charge is -2.13. The molecule has 3 heterocycles. The van der Waals surface area contributed by atoms with Gasteiger partial charge in [-0.05, 0) is 42.0 Å². The van der Waals surface area contributed by atoms with Crippen molar-refractivity contribution in [3.63, 3.8) is 0 Å². The van der Waals surface area contributed by atoms with Gasteiger partial charge in [0.2, 0.25) is 5.95 Å². The van der Waals surface area contributed by atoms with Crippen molar-refractivity contribution in [3.8, 4) is 45.3 Å². The summed E-state index contributed by atoms with van der Waals surface area (Å²) in [4.78, 5) is 10.5. The third-order valence-corrected chi connectivity index (χ3v) is 9.75. The van der Waals surface area contributed by atoms with E-state index in [1.807, 2.05) is 12.1 Å². The lowest BCUT2D eigenvalue weighted by Crippen LogP contribution is -2.04. The van der Waals surface area contributed by atoms with Crippen LogP contribution in [0, 0.1) is 0 Å². The molecule has 0 aliphatic rings. The first kappa shape index (κ1) is 28.3. The van der Waals surface area contributed by atoms with Crippen molar-refractivity contribution in [3.05, 3.63) is 182 Å². The Labute approximate surface area is 289 Å². The Kier molecular flexibility index (Phi) is 6.46. The van der Waals surface area contributed by atoms with E-state index in [-0.39, 0.29) is 0 Å². The fourth-order valence-electron chi connectivity index (χ4n) is 7.59. The molecule has 4 heteroatoms. The van der Waals surface area contributed by atoms with E-state index in [9.17, 15) is 0 Å². The lowest BCUT2D eigenvalue weighted by molar-refractivity contribution is 0.995. The molecule has 50 heavy (non-hydrogen) atoms. The van der Waals surface area contributed by atoms with Crippen LogP contribution in [0.1, 0.15) is 0 Å². The van der Waals surface area contributed by atoms with Gasteiger partial charge < -0.3 is 4.57 Å². The van der Waals surface area contributed by atoms with Crippen LogP contribution in [0.2, 0.25) is 0 Å². The van der Waals surface area contributed by atoms with Crippen molar-refractivity contribution in [1.82, 2.24) is 19.1 Å². The molecular formula is C46H30N4. The van der Waals surface area contributed by atoms with Crippen LogP contribution >= 0.6 is 0 Å². The molecule has 10 rings (SSSR count). The normalized spacial score (nSPS) is 11.6. The highest BCUT2D eigenvalue weighted by molar-refractivity contribution is 6.20. The maximum atomic E-state index is 5.25. The fourth-order valence-corrected chi connectivity index (χ4v) is 7.59. The molecule has 3 aromatic heterocycles. The van der Waals surface area contributed by atoms with Crippen molar-refractivity contribution >= 4 is 43.6 Å². The molecule has 0 amide bonds. The van der Waals surface area contributed by atoms with Gasteiger partial charge in [0, 0.05) is 43.9 Å². The van der Waals surface area contributed by atoms with Gasteiger partial charge in [-0.3, -0.25) is 4.57 Å². The number of para-hydroxylation sites is 4. The number of fused-ring (bicyclic) bond motifs is 6. The monoisotopic (exact) mass is 638 g/mol. The second kappa shape index (κ2) is 11.4. The van der Waals surface area contributed by atoms with Crippen LogP contribution < -0.4 is 0 Å². The van der Waals surface area contributed by atoms with E-state index < -0.39 is 0 Å². The fraction of sp³-hybridized carbons (Fsp3) is 0. The summed E-state index contributed by atoms with van der Waals surface area (Å²) in [6, 6.07) is 64.2. The average Bonchev–Trinajstić information content (AvgIpc) is 3.72. The van der Waals surface area contributed by atoms with E-state index in [0.717, 1.165) is 44.6 Å². The van der Waals surface area contributed by atoms with Crippen LogP contribution in [-0.4, -0.2) is 19.1 Å². The van der Waals surface area contributed by atoms with E-state index in [1.165, 1.54) is 38.3 Å². The number of nitrogens with zero attached hydrogens (tertiary/aromatic N) is 4. The van der Waals surface area contributed by atoms with Gasteiger partial charge >= 0.3 is 0 Å². The Balaban J connectivity index is 1.30. The number of hydrogen-bond acceptors (Lipinski definition) is 2. The maximum Gasteiger partial charge on any atom is 0.235 e. The summed E-state index contributed by atoms with van der Waals surface area (Å²) in [6.07, 6.45) is 0. The van der Waals surface area contributed by atoms with Gasteiger partial charge in [0.15, 0.2) is 0 Å². The van der Waals surface area contributed by atoms with E-state index in [4.69, 9.17) is 9.97 Å². The Hall–Kier alpha value is -6.78. The molecule has 0 aliphatic carbocycles. The number of rotatable bonds is 5. The summed E-state index contributed by atoms with van der Waals surface area (Å²) >= 11 is 0. The molecule has 0 unspecified atom stereocenters. The largest absolute Gasteiger partial charge is 0.309 e. The first-order valence-corrected chi connectivity index (χ1v) is 16.9. The zero-order chi connectivity index (χ0) is 33.0. The van der Waals surface area contributed by atoms with Gasteiger partial charge in [0.25, 0.3) is 0 Å². The molecule has 0 aliphatic heterocycles. The summed E-state index contributed by atoms with van der Waals surface area (Å²) in [7, 11) is 0. The predicted molar refractivity (Wildman–Crippen MR) is 207 cm³/mol. The van der Waals surface area contributed by atoms with Crippen LogP contribution in [0.3, 0.4) is 0 Å². The van der Waals surface area contributed by atoms with E-state index in [0.29, 0.717) is 5.95 Å². The van der Waals surface area contributed by atoms with Crippen molar-refractivity contribution in [2.45, 2.75) is 0 Å². The highest BCUT2D eigenvalue weighted by Crippen LogP contribution is 2.43. The molecule has 0 atom stereocenters. The molecule has 7 aromatic carbocycles. The van der Waals surface area contributed by atoms with Crippen molar-refractivity contribution in [2.75, 3.05) is 0 Å². The lowest BCUT2D eigenvalue weighted by atomic mass is 9.97. The van der Waals surface area contributed by atoms with Gasteiger partial charge in [0.1, 0.15) is 0 Å². The molecule has 0 N–H and O–H groups in total. The maximum absolute atomic E-state index is 5.25. The molecule has 0 bridgehead atoms. The minimum atomic E-state index is 0.644. The zero-order valence-corrected chi connectivity index (χ0v) is 27.1. The quantitative estimate of drug-likeness (QED) is 0.188. The summed E-state index contributed by atoms with van der Waals surface area (Å²) in [5.74, 6) is 0.644. The Morgan fingerprint density at radius 3 is 1.54 bits per heavy atom. The second-order valence-corrected chi connectivity index (χ2v) is 12.6. The summed E-state index contributed by atoms with van der Waals surface area (Å²) in [5.41, 5.74) is 11.9. The van der Waals surface area contributed by atoms with E-state index >= 15 is 0 Å². The minimum absolute atomic E-state index is 0.644. The van der Waals surface area contributed by atoms with Gasteiger partial charge in [0.05, 0.1) is 33.5 Å². The smallest absolute Gasteiger partial charge is 0.235 e. The Bertz CT molecular complexity index is 2790. The highest BCUT2D eigenvalue weighted by Gasteiger charge is 2.22. The second-order valence-electron chi connectivity index (χ2n) is 12.6. The molecule has 0 fully saturated rings. The highest BCUT2D eigenvalue weighted by atomic mass is 15.2. The molecule has 0 spiro atoms. The van der Waals surface area contributed by atoms with Gasteiger partial charge in [-0.1, -0.05) is 146 Å². The standard InChI is InChI=1S/C46H30N4/c1-4-16-31(17-5-1)39-30-40(32-18-6-2-7-19-32)48-46(47-39)50-42-28-13-11-23-38(42)44-35(24-15-29-43(44)50)37-26-14-25-36-34-22-10-12-27-41(34)49(45(36)37)33-20-8-3-9-21-33/h1-30H. The molecule has 10 aromatic rings. The molecule has 234 valence electrons. The molecular weight excluding hydrogens is 609 g/mol. The zero-order valence-electron chi connectivity index (χ0n) is 27.1. The third-order valence-electron chi connectivity index (χ3n) is 9.75. The minimum Gasteiger partial charge on any atom is -0.309 e. The summed E-state index contributed by atoms with van der Waals surface area (Å²) in [5, 5.41) is 4.80. The average molecular weight is 639 g/mol. The Morgan fingerprint density at radius 1 is 0.360 bits per heavy atom. The van der Waals surface area contributed by atoms with E-state index in [2.05, 4.69) is 179 Å². The molecule has 4 nitrogen and oxygen atoms in total. The number of hydrogen-bond donors (Lipinski definition) is 0. The topological polar surface area (TPSA) is 35.6 Å². The third kappa shape index (κ3) is 4.39. The van der Waals surface area contributed by atoms with Crippen LogP contribution in [0.15, 0.2) is 182 Å². The number of aromatic nitrogens is 4. The van der Waals surface area contributed by atoms with E-state index in [1.54, 1.807) is 0 Å². The van der Waals surface area contributed by atoms with Crippen LogP contribution in [0.5, 0.6) is 0 Å². The van der Waals surface area contributed by atoms with Crippen molar-refractivity contribution < 1.29 is 0 Å². The Morgan fingerprint density at radius 2 is 0.860 bits per heavy atom. The van der Waals surface area contributed by atoms with Crippen LogP contribution in [0.25, 0.3) is 88.9 Å². The molecule has 0 radical (unpaired) electrons. The number of benzene rings is 7. The first-order chi connectivity index (χ1) is 24.8. The van der Waals surface area contributed by atoms with Crippen LogP contribution in [0.4, 0.5) is 0 Å². The summed E-state index contributed by atoms with van der Waals surface area (Å²) < 4.78 is 4.65. The summed E-state index contributed by atoms with van der Waals surface area (Å²) in [6.45, 7) is 0. The molecule has 0 saturated heterocycles.